The number of nitrogens with two attached hydrogens (primary N) is 2. The SMILES string of the molecule is CC(C)CC(NC(=O)C(N)CO)C(=O)NC(CCC(N)=O)C(=O)NC(CS)C(=O)O. The monoisotopic (exact) mass is 449 g/mol. The topological polar surface area (TPSA) is 214 Å². The van der Waals surface area contributed by atoms with E-state index in [1.54, 1.807) is 13.8 Å². The van der Waals surface area contributed by atoms with Crippen LogP contribution in [-0.4, -0.2) is 76.3 Å². The van der Waals surface area contributed by atoms with E-state index in [9.17, 15) is 24.0 Å². The summed E-state index contributed by atoms with van der Waals surface area (Å²) in [6.45, 7) is 2.99. The Kier molecular flexibility index (Phi) is 12.7. The van der Waals surface area contributed by atoms with Gasteiger partial charge in [-0.15, -0.1) is 0 Å². The number of amides is 4. The summed E-state index contributed by atoms with van der Waals surface area (Å²) < 4.78 is 0. The number of carboxylic acid groups (broad SMARTS) is 1. The Bertz CT molecular complexity index is 632. The fraction of sp³-hybridized carbons (Fsp3) is 0.706. The first-order valence-electron chi connectivity index (χ1n) is 9.32. The number of carbonyl (C=O) groups is 5. The van der Waals surface area contributed by atoms with Crippen LogP contribution in [0.3, 0.4) is 0 Å². The second-order valence-electron chi connectivity index (χ2n) is 7.13. The molecule has 0 spiro atoms. The Balaban J connectivity index is 5.43. The molecule has 0 bridgehead atoms. The molecule has 0 aromatic carbocycles. The molecular formula is C17H31N5O7S. The lowest BCUT2D eigenvalue weighted by Crippen LogP contribution is -2.57. The number of primary amides is 1. The van der Waals surface area contributed by atoms with Crippen molar-refractivity contribution in [3.05, 3.63) is 0 Å². The van der Waals surface area contributed by atoms with E-state index < -0.39 is 60.4 Å². The number of thiol groups is 1. The zero-order valence-electron chi connectivity index (χ0n) is 17.0. The van der Waals surface area contributed by atoms with E-state index in [0.29, 0.717) is 0 Å². The molecule has 12 nitrogen and oxygen atoms in total. The first-order valence-corrected chi connectivity index (χ1v) is 9.95. The number of aliphatic carboxylic acids is 1. The number of rotatable bonds is 14. The van der Waals surface area contributed by atoms with Crippen molar-refractivity contribution in [3.63, 3.8) is 0 Å². The minimum absolute atomic E-state index is 0.0233. The van der Waals surface area contributed by atoms with Gasteiger partial charge in [0.15, 0.2) is 0 Å². The summed E-state index contributed by atoms with van der Waals surface area (Å²) >= 11 is 3.85. The van der Waals surface area contributed by atoms with Crippen LogP contribution in [0.2, 0.25) is 0 Å². The Morgan fingerprint density at radius 3 is 1.87 bits per heavy atom. The van der Waals surface area contributed by atoms with Gasteiger partial charge >= 0.3 is 5.97 Å². The van der Waals surface area contributed by atoms with Crippen molar-refractivity contribution < 1.29 is 34.2 Å². The standard InChI is InChI=1S/C17H31N5O7S/c1-8(2)5-11(21-14(25)9(18)6-23)16(27)20-10(3-4-13(19)24)15(26)22-12(7-30)17(28)29/h8-12,23,30H,3-7,18H2,1-2H3,(H2,19,24)(H,20,27)(H,21,25)(H,22,26)(H,28,29). The number of carbonyl (C=O) groups excluding carboxylic acids is 4. The van der Waals surface area contributed by atoms with E-state index in [1.807, 2.05) is 0 Å². The van der Waals surface area contributed by atoms with Crippen molar-refractivity contribution in [2.75, 3.05) is 12.4 Å². The predicted octanol–water partition coefficient (Wildman–Crippen LogP) is -2.91. The van der Waals surface area contributed by atoms with Crippen LogP contribution in [0, 0.1) is 5.92 Å². The quantitative estimate of drug-likeness (QED) is 0.128. The average molecular weight is 450 g/mol. The molecule has 0 aliphatic heterocycles. The van der Waals surface area contributed by atoms with E-state index >= 15 is 0 Å². The Labute approximate surface area is 179 Å². The molecule has 0 saturated carbocycles. The minimum atomic E-state index is -1.32. The van der Waals surface area contributed by atoms with Gasteiger partial charge in [-0.05, 0) is 18.8 Å². The third kappa shape index (κ3) is 10.4. The fourth-order valence-electron chi connectivity index (χ4n) is 2.35. The lowest BCUT2D eigenvalue weighted by molar-refractivity contribution is -0.141. The van der Waals surface area contributed by atoms with E-state index in [2.05, 4.69) is 28.6 Å². The molecule has 0 rings (SSSR count). The van der Waals surface area contributed by atoms with Gasteiger partial charge in [-0.3, -0.25) is 19.2 Å². The highest BCUT2D eigenvalue weighted by molar-refractivity contribution is 7.80. The first kappa shape index (κ1) is 27.6. The number of aliphatic hydroxyl groups excluding tert-OH is 1. The van der Waals surface area contributed by atoms with Gasteiger partial charge in [-0.25, -0.2) is 4.79 Å². The van der Waals surface area contributed by atoms with Crippen LogP contribution in [0.25, 0.3) is 0 Å². The third-order valence-electron chi connectivity index (χ3n) is 3.98. The van der Waals surface area contributed by atoms with Crippen molar-refractivity contribution in [3.8, 4) is 0 Å². The van der Waals surface area contributed by atoms with E-state index in [4.69, 9.17) is 21.7 Å². The maximum absolute atomic E-state index is 12.7. The van der Waals surface area contributed by atoms with Crippen LogP contribution in [0.15, 0.2) is 0 Å². The Morgan fingerprint density at radius 2 is 1.43 bits per heavy atom. The number of aliphatic hydroxyl groups is 1. The molecule has 0 aliphatic rings. The summed E-state index contributed by atoms with van der Waals surface area (Å²) in [4.78, 5) is 59.4. The van der Waals surface area contributed by atoms with Gasteiger partial charge in [0.2, 0.25) is 23.6 Å². The molecular weight excluding hydrogens is 418 g/mol. The normalized spacial score (nSPS) is 14.9. The highest BCUT2D eigenvalue weighted by Gasteiger charge is 2.30. The Hall–Kier alpha value is -2.38. The van der Waals surface area contributed by atoms with Crippen molar-refractivity contribution in [2.24, 2.45) is 17.4 Å². The summed E-state index contributed by atoms with van der Waals surface area (Å²) in [6, 6.07) is -4.88. The molecule has 0 heterocycles. The third-order valence-corrected chi connectivity index (χ3v) is 4.35. The minimum Gasteiger partial charge on any atom is -0.480 e. The maximum Gasteiger partial charge on any atom is 0.327 e. The van der Waals surface area contributed by atoms with Gasteiger partial charge < -0.3 is 37.6 Å². The number of hydrogen-bond acceptors (Lipinski definition) is 8. The maximum atomic E-state index is 12.7. The van der Waals surface area contributed by atoms with Gasteiger partial charge in [0.05, 0.1) is 6.61 Å². The van der Waals surface area contributed by atoms with E-state index in [0.717, 1.165) is 0 Å². The number of carboxylic acids is 1. The van der Waals surface area contributed by atoms with Crippen LogP contribution in [0.1, 0.15) is 33.1 Å². The van der Waals surface area contributed by atoms with Gasteiger partial charge in [-0.1, -0.05) is 13.8 Å². The summed E-state index contributed by atoms with van der Waals surface area (Å²) in [5, 5.41) is 25.1. The number of hydrogen-bond donors (Lipinski definition) is 8. The molecule has 0 aromatic rings. The molecule has 172 valence electrons. The molecule has 9 N–H and O–H groups in total. The van der Waals surface area contributed by atoms with E-state index in [-0.39, 0.29) is 30.9 Å². The zero-order chi connectivity index (χ0) is 23.4. The molecule has 0 radical (unpaired) electrons. The summed E-state index contributed by atoms with van der Waals surface area (Å²) in [5.74, 6) is -4.57. The highest BCUT2D eigenvalue weighted by atomic mass is 32.1. The highest BCUT2D eigenvalue weighted by Crippen LogP contribution is 2.07. The molecule has 0 aliphatic carbocycles. The number of nitrogens with one attached hydrogen (secondary N) is 3. The predicted molar refractivity (Wildman–Crippen MR) is 110 cm³/mol. The fourth-order valence-corrected chi connectivity index (χ4v) is 2.60. The molecule has 4 atom stereocenters. The second-order valence-corrected chi connectivity index (χ2v) is 7.49. The van der Waals surface area contributed by atoms with Crippen LogP contribution in [0.5, 0.6) is 0 Å². The molecule has 4 unspecified atom stereocenters. The van der Waals surface area contributed by atoms with Crippen molar-refractivity contribution in [2.45, 2.75) is 57.3 Å². The van der Waals surface area contributed by atoms with Gasteiger partial charge in [0.1, 0.15) is 24.2 Å². The second kappa shape index (κ2) is 13.8. The summed E-state index contributed by atoms with van der Waals surface area (Å²) in [7, 11) is 0. The van der Waals surface area contributed by atoms with Crippen molar-refractivity contribution >= 4 is 42.2 Å². The smallest absolute Gasteiger partial charge is 0.327 e. The van der Waals surface area contributed by atoms with Crippen LogP contribution >= 0.6 is 12.6 Å². The molecule has 0 aromatic heterocycles. The van der Waals surface area contributed by atoms with Crippen LogP contribution < -0.4 is 27.4 Å². The van der Waals surface area contributed by atoms with Crippen LogP contribution in [-0.2, 0) is 24.0 Å². The summed E-state index contributed by atoms with van der Waals surface area (Å²) in [6.07, 6.45) is -0.216. The van der Waals surface area contributed by atoms with E-state index in [1.165, 1.54) is 0 Å². The lowest BCUT2D eigenvalue weighted by Gasteiger charge is -2.25. The summed E-state index contributed by atoms with van der Waals surface area (Å²) in [5.41, 5.74) is 10.6. The molecule has 0 saturated heterocycles. The first-order chi connectivity index (χ1) is 13.9. The lowest BCUT2D eigenvalue weighted by atomic mass is 10.0. The van der Waals surface area contributed by atoms with Crippen molar-refractivity contribution in [1.82, 2.24) is 16.0 Å². The van der Waals surface area contributed by atoms with Gasteiger partial charge in [-0.2, -0.15) is 12.6 Å². The van der Waals surface area contributed by atoms with Gasteiger partial charge in [0.25, 0.3) is 0 Å². The largest absolute Gasteiger partial charge is 0.480 e. The zero-order valence-corrected chi connectivity index (χ0v) is 17.9. The van der Waals surface area contributed by atoms with Crippen molar-refractivity contribution in [1.29, 1.82) is 0 Å². The Morgan fingerprint density at radius 1 is 0.933 bits per heavy atom. The molecule has 4 amide bonds. The molecule has 13 heteroatoms. The molecule has 30 heavy (non-hydrogen) atoms. The average Bonchev–Trinajstić information content (AvgIpc) is 2.66. The van der Waals surface area contributed by atoms with Crippen LogP contribution in [0.4, 0.5) is 0 Å². The van der Waals surface area contributed by atoms with Gasteiger partial charge in [0, 0.05) is 12.2 Å². The molecule has 0 fully saturated rings.